The van der Waals surface area contributed by atoms with Crippen LogP contribution in [0.4, 0.5) is 0 Å². The Morgan fingerprint density at radius 2 is 0.840 bits per heavy atom. The minimum atomic E-state index is -4.45. The molecule has 0 aliphatic heterocycles. The van der Waals surface area contributed by atoms with Crippen molar-refractivity contribution >= 4 is 15.6 Å². The summed E-state index contributed by atoms with van der Waals surface area (Å²) < 4.78 is 31.2. The normalized spacial score (nSPS) is 14.1. The molecule has 10 heteroatoms. The highest BCUT2D eigenvalue weighted by molar-refractivity contribution is 7.46. The topological polar surface area (TPSA) is 134 Å². The van der Waals surface area contributed by atoms with Gasteiger partial charge in [-0.3, -0.25) is 9.05 Å². The first-order chi connectivity index (χ1) is 11.1. The molecule has 0 aliphatic carbocycles. The van der Waals surface area contributed by atoms with Crippen molar-refractivity contribution in [2.24, 2.45) is 0 Å². The average Bonchev–Trinajstić information content (AvgIpc) is 2.30. The lowest BCUT2D eigenvalue weighted by molar-refractivity contribution is 0.0547. The smallest absolute Gasteiger partial charge is 0.303 e. The number of hydrogen-bond donors (Lipinski definition) is 4. The third-order valence-corrected chi connectivity index (χ3v) is 5.25. The van der Waals surface area contributed by atoms with Crippen LogP contribution in [0.2, 0.25) is 0 Å². The largest absolute Gasteiger partial charge is 0.470 e. The Kier molecular flexibility index (Phi) is 10.6. The first kappa shape index (κ1) is 25.2. The lowest BCUT2D eigenvalue weighted by atomic mass is 9.98. The van der Waals surface area contributed by atoms with E-state index in [9.17, 15) is 9.13 Å². The maximum absolute atomic E-state index is 10.8. The van der Waals surface area contributed by atoms with Crippen LogP contribution in [0.5, 0.6) is 0 Å². The highest BCUT2D eigenvalue weighted by Crippen LogP contribution is 2.43. The van der Waals surface area contributed by atoms with Crippen molar-refractivity contribution < 1.29 is 37.8 Å². The Labute approximate surface area is 150 Å². The highest BCUT2D eigenvalue weighted by Gasteiger charge is 2.29. The monoisotopic (exact) mass is 404 g/mol. The van der Waals surface area contributed by atoms with Crippen LogP contribution >= 0.6 is 15.6 Å². The van der Waals surface area contributed by atoms with Crippen LogP contribution in [0.15, 0.2) is 0 Å². The van der Waals surface area contributed by atoms with E-state index < -0.39 is 26.8 Å². The number of rotatable bonds is 14. The molecule has 4 N–H and O–H groups in total. The third-order valence-electron chi connectivity index (χ3n) is 3.79. The van der Waals surface area contributed by atoms with Gasteiger partial charge in [-0.1, -0.05) is 44.9 Å². The number of unbranched alkanes of at least 4 members (excludes halogenated alkanes) is 6. The van der Waals surface area contributed by atoms with Crippen LogP contribution in [-0.4, -0.2) is 30.8 Å². The molecule has 0 amide bonds. The molecule has 0 saturated heterocycles. The van der Waals surface area contributed by atoms with Crippen molar-refractivity contribution in [3.8, 4) is 0 Å². The van der Waals surface area contributed by atoms with Gasteiger partial charge in [-0.05, 0) is 40.5 Å². The van der Waals surface area contributed by atoms with E-state index in [4.69, 9.17) is 28.6 Å². The Balaban J connectivity index is 3.69. The molecule has 0 unspecified atom stereocenters. The van der Waals surface area contributed by atoms with Crippen LogP contribution in [0.25, 0.3) is 0 Å². The van der Waals surface area contributed by atoms with Gasteiger partial charge in [-0.15, -0.1) is 0 Å². The van der Waals surface area contributed by atoms with E-state index in [1.54, 1.807) is 27.7 Å². The van der Waals surface area contributed by atoms with Crippen molar-refractivity contribution in [3.05, 3.63) is 0 Å². The van der Waals surface area contributed by atoms with E-state index >= 15 is 0 Å². The quantitative estimate of drug-likeness (QED) is 0.249. The Bertz CT molecular complexity index is 424. The van der Waals surface area contributed by atoms with Gasteiger partial charge in [0.25, 0.3) is 0 Å². The molecule has 0 spiro atoms. The van der Waals surface area contributed by atoms with Gasteiger partial charge in [0.05, 0.1) is 11.2 Å². The molecule has 0 radical (unpaired) electrons. The lowest BCUT2D eigenvalue weighted by Crippen LogP contribution is -2.22. The van der Waals surface area contributed by atoms with E-state index in [0.29, 0.717) is 12.8 Å². The van der Waals surface area contributed by atoms with Crippen molar-refractivity contribution in [1.29, 1.82) is 0 Å². The molecule has 0 heterocycles. The summed E-state index contributed by atoms with van der Waals surface area (Å²) >= 11 is 0. The fraction of sp³-hybridized carbons (Fsp3) is 1.00. The summed E-state index contributed by atoms with van der Waals surface area (Å²) in [6.07, 6.45) is 7.94. The van der Waals surface area contributed by atoms with Crippen LogP contribution in [-0.2, 0) is 18.2 Å². The molecule has 0 rings (SSSR count). The molecule has 0 aliphatic rings. The summed E-state index contributed by atoms with van der Waals surface area (Å²) in [5.41, 5.74) is -1.66. The molecule has 0 bridgehead atoms. The maximum atomic E-state index is 10.8. The number of phosphoric ester groups is 2. The molecule has 152 valence electrons. The fourth-order valence-electron chi connectivity index (χ4n) is 2.72. The molecular formula is C15H34O8P2. The Morgan fingerprint density at radius 3 is 1.08 bits per heavy atom. The first-order valence-electron chi connectivity index (χ1n) is 8.65. The summed E-state index contributed by atoms with van der Waals surface area (Å²) in [4.78, 5) is 35.3. The summed E-state index contributed by atoms with van der Waals surface area (Å²) in [6.45, 7) is 6.70. The van der Waals surface area contributed by atoms with E-state index in [2.05, 4.69) is 0 Å². The zero-order valence-corrected chi connectivity index (χ0v) is 17.5. The van der Waals surface area contributed by atoms with Gasteiger partial charge in [0.1, 0.15) is 0 Å². The summed E-state index contributed by atoms with van der Waals surface area (Å²) in [6, 6.07) is 0. The standard InChI is InChI=1S/C15H34O8P2/c1-14(2,22-24(16,17)18)12-10-8-6-5-7-9-11-13-15(3,4)23-25(19,20)21/h5-13H2,1-4H3,(H2,16,17,18)(H2,19,20,21). The first-order valence-corrected chi connectivity index (χ1v) is 11.7. The Morgan fingerprint density at radius 1 is 0.600 bits per heavy atom. The van der Waals surface area contributed by atoms with Crippen LogP contribution < -0.4 is 0 Å². The van der Waals surface area contributed by atoms with Crippen molar-refractivity contribution in [3.63, 3.8) is 0 Å². The van der Waals surface area contributed by atoms with Gasteiger partial charge in [0, 0.05) is 0 Å². The van der Waals surface area contributed by atoms with Gasteiger partial charge < -0.3 is 19.6 Å². The van der Waals surface area contributed by atoms with Gasteiger partial charge in [-0.25, -0.2) is 9.13 Å². The van der Waals surface area contributed by atoms with Gasteiger partial charge in [0.2, 0.25) is 0 Å². The second-order valence-corrected chi connectivity index (χ2v) is 9.99. The van der Waals surface area contributed by atoms with Gasteiger partial charge in [-0.2, -0.15) is 0 Å². The van der Waals surface area contributed by atoms with E-state index in [0.717, 1.165) is 44.9 Å². The third kappa shape index (κ3) is 17.4. The molecular weight excluding hydrogens is 370 g/mol. The lowest BCUT2D eigenvalue weighted by Gasteiger charge is -2.25. The average molecular weight is 404 g/mol. The zero-order chi connectivity index (χ0) is 19.8. The van der Waals surface area contributed by atoms with E-state index in [-0.39, 0.29) is 0 Å². The predicted molar refractivity (Wildman–Crippen MR) is 96.0 cm³/mol. The SMILES string of the molecule is CC(C)(CCCCCCCCCC(C)(C)OP(=O)(O)O)OP(=O)(O)O. The second-order valence-electron chi connectivity index (χ2n) is 7.66. The molecule has 0 fully saturated rings. The van der Waals surface area contributed by atoms with Crippen LogP contribution in [0.1, 0.15) is 85.5 Å². The predicted octanol–water partition coefficient (Wildman–Crippen LogP) is 4.27. The molecule has 0 aromatic rings. The molecule has 0 aromatic heterocycles. The second kappa shape index (κ2) is 10.5. The summed E-state index contributed by atoms with van der Waals surface area (Å²) in [5, 5.41) is 0. The van der Waals surface area contributed by atoms with Crippen molar-refractivity contribution in [2.75, 3.05) is 0 Å². The molecule has 0 saturated carbocycles. The fourth-order valence-corrected chi connectivity index (χ4v) is 4.19. The van der Waals surface area contributed by atoms with Gasteiger partial charge >= 0.3 is 15.6 Å². The molecule has 0 aromatic carbocycles. The number of hydrogen-bond acceptors (Lipinski definition) is 4. The molecule has 25 heavy (non-hydrogen) atoms. The zero-order valence-electron chi connectivity index (χ0n) is 15.7. The van der Waals surface area contributed by atoms with Crippen molar-refractivity contribution in [1.82, 2.24) is 0 Å². The minimum Gasteiger partial charge on any atom is -0.303 e. The van der Waals surface area contributed by atoms with E-state index in [1.165, 1.54) is 0 Å². The van der Waals surface area contributed by atoms with Crippen LogP contribution in [0, 0.1) is 0 Å². The van der Waals surface area contributed by atoms with Gasteiger partial charge in [0.15, 0.2) is 0 Å². The summed E-state index contributed by atoms with van der Waals surface area (Å²) in [7, 11) is -8.89. The molecule has 0 atom stereocenters. The Hall–Kier alpha value is 0.220. The van der Waals surface area contributed by atoms with E-state index in [1.807, 2.05) is 0 Å². The highest BCUT2D eigenvalue weighted by atomic mass is 31.2. The summed E-state index contributed by atoms with van der Waals surface area (Å²) in [5.74, 6) is 0. The molecule has 8 nitrogen and oxygen atoms in total. The minimum absolute atomic E-state index is 0.589. The van der Waals surface area contributed by atoms with Crippen molar-refractivity contribution in [2.45, 2.75) is 96.7 Å². The number of phosphoric acid groups is 2. The maximum Gasteiger partial charge on any atom is 0.470 e. The van der Waals surface area contributed by atoms with Crippen LogP contribution in [0.3, 0.4) is 0 Å².